The second-order valence-corrected chi connectivity index (χ2v) is 9.93. The van der Waals surface area contributed by atoms with E-state index in [1.807, 2.05) is 47.4 Å². The Morgan fingerprint density at radius 3 is 2.38 bits per heavy atom. The molecular weight excluding hydrogens is 386 g/mol. The number of fused-ring (bicyclic) bond motifs is 2. The van der Waals surface area contributed by atoms with Gasteiger partial charge in [-0.15, -0.1) is 0 Å². The number of nitrogens with one attached hydrogen (secondary N) is 1. The minimum Gasteiger partial charge on any atom is -0.338 e. The van der Waals surface area contributed by atoms with Crippen molar-refractivity contribution in [3.8, 4) is 0 Å². The van der Waals surface area contributed by atoms with E-state index in [9.17, 15) is 13.2 Å². The normalized spacial score (nSPS) is 18.0. The molecule has 2 aliphatic heterocycles. The van der Waals surface area contributed by atoms with Gasteiger partial charge in [-0.25, -0.2) is 13.2 Å². The number of rotatable bonds is 4. The molecule has 4 rings (SSSR count). The van der Waals surface area contributed by atoms with Gasteiger partial charge in [0.2, 0.25) is 10.0 Å². The highest BCUT2D eigenvalue weighted by atomic mass is 32.2. The molecular formula is C22H27N3O3S. The number of carbonyl (C=O) groups excluding carboxylic acids is 1. The van der Waals surface area contributed by atoms with Gasteiger partial charge in [-0.3, -0.25) is 4.31 Å². The first-order chi connectivity index (χ1) is 13.9. The van der Waals surface area contributed by atoms with Gasteiger partial charge in [-0.2, -0.15) is 0 Å². The molecule has 1 fully saturated rings. The molecule has 2 aromatic carbocycles. The smallest absolute Gasteiger partial charge is 0.317 e. The van der Waals surface area contributed by atoms with Crippen molar-refractivity contribution < 1.29 is 13.2 Å². The standard InChI is InChI=1S/C22H27N3O3S/c1-29(27,28)25-17-22(19-9-5-6-10-20(19)25)12-15-24(16-13-22)21(26)23-14-11-18-7-3-2-4-8-18/h2-10H,11-17H2,1H3,(H,23,26). The Morgan fingerprint density at radius 2 is 1.69 bits per heavy atom. The molecule has 1 saturated heterocycles. The van der Waals surface area contributed by atoms with Crippen LogP contribution in [0.4, 0.5) is 10.5 Å². The van der Waals surface area contributed by atoms with Crippen LogP contribution in [-0.2, 0) is 21.9 Å². The van der Waals surface area contributed by atoms with E-state index in [-0.39, 0.29) is 11.4 Å². The highest BCUT2D eigenvalue weighted by Gasteiger charge is 2.47. The molecule has 0 unspecified atom stereocenters. The van der Waals surface area contributed by atoms with Crippen LogP contribution in [0, 0.1) is 0 Å². The predicted molar refractivity (Wildman–Crippen MR) is 115 cm³/mol. The molecule has 29 heavy (non-hydrogen) atoms. The summed E-state index contributed by atoms with van der Waals surface area (Å²) in [6.45, 7) is 2.33. The van der Waals surface area contributed by atoms with Gasteiger partial charge in [-0.1, -0.05) is 48.5 Å². The van der Waals surface area contributed by atoms with E-state index in [2.05, 4.69) is 17.4 Å². The van der Waals surface area contributed by atoms with E-state index >= 15 is 0 Å². The topological polar surface area (TPSA) is 69.7 Å². The number of benzene rings is 2. The molecule has 1 N–H and O–H groups in total. The van der Waals surface area contributed by atoms with Gasteiger partial charge < -0.3 is 10.2 Å². The lowest BCUT2D eigenvalue weighted by Gasteiger charge is -2.39. The maximum Gasteiger partial charge on any atom is 0.317 e. The van der Waals surface area contributed by atoms with Gasteiger partial charge in [0.25, 0.3) is 0 Å². The Kier molecular flexibility index (Phi) is 5.25. The Bertz CT molecular complexity index is 983. The molecule has 2 heterocycles. The van der Waals surface area contributed by atoms with E-state index in [0.29, 0.717) is 26.2 Å². The molecule has 1 spiro atoms. The summed E-state index contributed by atoms with van der Waals surface area (Å²) in [6, 6.07) is 17.8. The minimum absolute atomic E-state index is 0.0398. The number of likely N-dealkylation sites (tertiary alicyclic amines) is 1. The molecule has 0 saturated carbocycles. The lowest BCUT2D eigenvalue weighted by atomic mass is 9.74. The fourth-order valence-corrected chi connectivity index (χ4v) is 5.51. The lowest BCUT2D eigenvalue weighted by molar-refractivity contribution is 0.162. The molecule has 2 amide bonds. The molecule has 6 nitrogen and oxygen atoms in total. The number of hydrogen-bond acceptors (Lipinski definition) is 3. The summed E-state index contributed by atoms with van der Waals surface area (Å²) in [5, 5.41) is 3.01. The maximum absolute atomic E-state index is 12.6. The average molecular weight is 414 g/mol. The first-order valence-electron chi connectivity index (χ1n) is 10.0. The summed E-state index contributed by atoms with van der Waals surface area (Å²) in [5.41, 5.74) is 2.87. The molecule has 154 valence electrons. The maximum atomic E-state index is 12.6. The Balaban J connectivity index is 1.38. The number of piperidine rings is 1. The average Bonchev–Trinajstić information content (AvgIpc) is 3.04. The highest BCUT2D eigenvalue weighted by molar-refractivity contribution is 7.92. The van der Waals surface area contributed by atoms with Crippen LogP contribution in [0.25, 0.3) is 0 Å². The van der Waals surface area contributed by atoms with Crippen LogP contribution in [0.15, 0.2) is 54.6 Å². The Hall–Kier alpha value is -2.54. The molecule has 0 radical (unpaired) electrons. The summed E-state index contributed by atoms with van der Waals surface area (Å²) in [5.74, 6) is 0. The zero-order chi connectivity index (χ0) is 20.5. The highest BCUT2D eigenvalue weighted by Crippen LogP contribution is 2.47. The summed E-state index contributed by atoms with van der Waals surface area (Å²) < 4.78 is 26.1. The third-order valence-corrected chi connectivity index (χ3v) is 7.26. The van der Waals surface area contributed by atoms with Crippen LogP contribution in [0.3, 0.4) is 0 Å². The number of nitrogens with zero attached hydrogens (tertiary/aromatic N) is 2. The largest absolute Gasteiger partial charge is 0.338 e. The van der Waals surface area contributed by atoms with Crippen molar-refractivity contribution in [2.24, 2.45) is 0 Å². The van der Waals surface area contributed by atoms with Crippen molar-refractivity contribution in [1.82, 2.24) is 10.2 Å². The molecule has 7 heteroatoms. The summed E-state index contributed by atoms with van der Waals surface area (Å²) >= 11 is 0. The van der Waals surface area contributed by atoms with Crippen molar-refractivity contribution in [1.29, 1.82) is 0 Å². The second kappa shape index (κ2) is 7.71. The fourth-order valence-electron chi connectivity index (χ4n) is 4.52. The zero-order valence-corrected chi connectivity index (χ0v) is 17.5. The third-order valence-electron chi connectivity index (χ3n) is 6.13. The van der Waals surface area contributed by atoms with Gasteiger partial charge >= 0.3 is 6.03 Å². The monoisotopic (exact) mass is 413 g/mol. The van der Waals surface area contributed by atoms with E-state index in [0.717, 1.165) is 30.5 Å². The van der Waals surface area contributed by atoms with Crippen LogP contribution >= 0.6 is 0 Å². The van der Waals surface area contributed by atoms with Crippen LogP contribution in [0.1, 0.15) is 24.0 Å². The van der Waals surface area contributed by atoms with Crippen molar-refractivity contribution in [3.05, 3.63) is 65.7 Å². The van der Waals surface area contributed by atoms with Crippen molar-refractivity contribution in [2.75, 3.05) is 36.7 Å². The Morgan fingerprint density at radius 1 is 1.03 bits per heavy atom. The third kappa shape index (κ3) is 3.96. The van der Waals surface area contributed by atoms with Crippen LogP contribution in [0.2, 0.25) is 0 Å². The molecule has 0 atom stereocenters. The van der Waals surface area contributed by atoms with E-state index < -0.39 is 10.0 Å². The first kappa shape index (κ1) is 19.8. The quantitative estimate of drug-likeness (QED) is 0.838. The summed E-state index contributed by atoms with van der Waals surface area (Å²) in [4.78, 5) is 14.4. The van der Waals surface area contributed by atoms with Crippen molar-refractivity contribution in [2.45, 2.75) is 24.7 Å². The number of carbonyl (C=O) groups is 1. The number of amides is 2. The van der Waals surface area contributed by atoms with Gasteiger partial charge in [0.15, 0.2) is 0 Å². The molecule has 0 bridgehead atoms. The molecule has 2 aromatic rings. The first-order valence-corrected chi connectivity index (χ1v) is 11.9. The van der Waals surface area contributed by atoms with Crippen molar-refractivity contribution in [3.63, 3.8) is 0 Å². The molecule has 2 aliphatic rings. The van der Waals surface area contributed by atoms with Crippen LogP contribution < -0.4 is 9.62 Å². The Labute approximate surface area is 172 Å². The summed E-state index contributed by atoms with van der Waals surface area (Å²) in [6.07, 6.45) is 3.60. The van der Waals surface area contributed by atoms with Crippen LogP contribution in [-0.4, -0.2) is 51.8 Å². The van der Waals surface area contributed by atoms with Crippen LogP contribution in [0.5, 0.6) is 0 Å². The molecule has 0 aliphatic carbocycles. The minimum atomic E-state index is -3.32. The SMILES string of the molecule is CS(=O)(=O)N1CC2(CCN(C(=O)NCCc3ccccc3)CC2)c2ccccc21. The van der Waals surface area contributed by atoms with E-state index in [4.69, 9.17) is 0 Å². The summed E-state index contributed by atoms with van der Waals surface area (Å²) in [7, 11) is -3.32. The number of anilines is 1. The van der Waals surface area contributed by atoms with Gasteiger partial charge in [0.05, 0.1) is 11.9 Å². The fraction of sp³-hybridized carbons (Fsp3) is 0.409. The zero-order valence-electron chi connectivity index (χ0n) is 16.7. The lowest BCUT2D eigenvalue weighted by Crippen LogP contribution is -2.50. The van der Waals surface area contributed by atoms with E-state index in [1.165, 1.54) is 16.1 Å². The molecule has 0 aromatic heterocycles. The van der Waals surface area contributed by atoms with Gasteiger partial charge in [-0.05, 0) is 36.5 Å². The van der Waals surface area contributed by atoms with Gasteiger partial charge in [0.1, 0.15) is 0 Å². The van der Waals surface area contributed by atoms with Crippen molar-refractivity contribution >= 4 is 21.7 Å². The second-order valence-electron chi connectivity index (χ2n) is 8.02. The number of urea groups is 1. The van der Waals surface area contributed by atoms with Gasteiger partial charge in [0, 0.05) is 31.6 Å². The number of para-hydroxylation sites is 1. The van der Waals surface area contributed by atoms with E-state index in [1.54, 1.807) is 0 Å². The predicted octanol–water partition coefficient (Wildman–Crippen LogP) is 2.75. The number of hydrogen-bond donors (Lipinski definition) is 1. The number of sulfonamides is 1.